The van der Waals surface area contributed by atoms with Crippen molar-refractivity contribution >= 4 is 17.3 Å². The zero-order valence-electron chi connectivity index (χ0n) is 11.2. The van der Waals surface area contributed by atoms with Crippen LogP contribution in [0.2, 0.25) is 0 Å². The van der Waals surface area contributed by atoms with E-state index in [1.165, 1.54) is 0 Å². The predicted octanol–water partition coefficient (Wildman–Crippen LogP) is 2.96. The van der Waals surface area contributed by atoms with Crippen molar-refractivity contribution in [1.29, 1.82) is 0 Å². The maximum Gasteiger partial charge on any atom is 0.186 e. The highest BCUT2D eigenvalue weighted by Crippen LogP contribution is 2.26. The Hall–Kier alpha value is -2.42. The van der Waals surface area contributed by atoms with Crippen LogP contribution in [0.3, 0.4) is 0 Å². The smallest absolute Gasteiger partial charge is 0.186 e. The Balaban J connectivity index is 1.98. The van der Waals surface area contributed by atoms with Gasteiger partial charge in [-0.1, -0.05) is 42.5 Å². The number of carbonyl (C=O) groups is 2. The Bertz CT molecular complexity index is 664. The van der Waals surface area contributed by atoms with Crippen LogP contribution in [0.25, 0.3) is 0 Å². The lowest BCUT2D eigenvalue weighted by Gasteiger charge is -2.31. The van der Waals surface area contributed by atoms with Crippen LogP contribution in [0.5, 0.6) is 0 Å². The minimum absolute atomic E-state index is 0.0200. The van der Waals surface area contributed by atoms with E-state index in [4.69, 9.17) is 0 Å². The van der Waals surface area contributed by atoms with Crippen molar-refractivity contribution < 1.29 is 9.59 Å². The molecule has 0 spiro atoms. The first-order valence-electron chi connectivity index (χ1n) is 6.63. The van der Waals surface area contributed by atoms with E-state index in [2.05, 4.69) is 0 Å². The summed E-state index contributed by atoms with van der Waals surface area (Å²) in [6.45, 7) is 0. The Kier molecular flexibility index (Phi) is 3.11. The quantitative estimate of drug-likeness (QED) is 0.837. The van der Waals surface area contributed by atoms with Crippen LogP contribution in [0.15, 0.2) is 54.6 Å². The number of anilines is 1. The van der Waals surface area contributed by atoms with Crippen molar-refractivity contribution in [2.75, 3.05) is 11.9 Å². The molecule has 3 nitrogen and oxygen atoms in total. The summed E-state index contributed by atoms with van der Waals surface area (Å²) in [6.07, 6.45) is 0.237. The van der Waals surface area contributed by atoms with Crippen LogP contribution in [0, 0.1) is 0 Å². The van der Waals surface area contributed by atoms with E-state index in [9.17, 15) is 9.59 Å². The molecule has 0 saturated carbocycles. The number of hydrogen-bond acceptors (Lipinski definition) is 3. The highest BCUT2D eigenvalue weighted by molar-refractivity contribution is 6.17. The maximum atomic E-state index is 12.6. The molecule has 0 saturated heterocycles. The largest absolute Gasteiger partial charge is 0.364 e. The van der Waals surface area contributed by atoms with Gasteiger partial charge in [0.1, 0.15) is 0 Å². The van der Waals surface area contributed by atoms with E-state index >= 15 is 0 Å². The van der Waals surface area contributed by atoms with Crippen LogP contribution in [0.1, 0.15) is 27.1 Å². The van der Waals surface area contributed by atoms with Crippen molar-refractivity contribution in [3.05, 3.63) is 65.7 Å². The Labute approximate surface area is 117 Å². The number of carbonyl (C=O) groups excluding carboxylic acids is 2. The van der Waals surface area contributed by atoms with Crippen LogP contribution < -0.4 is 4.90 Å². The molecule has 2 aromatic rings. The van der Waals surface area contributed by atoms with Gasteiger partial charge in [-0.25, -0.2) is 0 Å². The number of para-hydroxylation sites is 1. The second-order valence-electron chi connectivity index (χ2n) is 5.00. The summed E-state index contributed by atoms with van der Waals surface area (Å²) in [5.74, 6) is 0.0551. The molecule has 0 aliphatic heterocycles. The summed E-state index contributed by atoms with van der Waals surface area (Å²) in [5, 5.41) is 0. The summed E-state index contributed by atoms with van der Waals surface area (Å²) in [5.41, 5.74) is 2.03. The third-order valence-electron chi connectivity index (χ3n) is 3.81. The van der Waals surface area contributed by atoms with Gasteiger partial charge in [-0.15, -0.1) is 0 Å². The van der Waals surface area contributed by atoms with Gasteiger partial charge in [0, 0.05) is 30.3 Å². The number of hydrogen-bond donors (Lipinski definition) is 0. The van der Waals surface area contributed by atoms with Crippen molar-refractivity contribution in [2.45, 2.75) is 12.5 Å². The van der Waals surface area contributed by atoms with Crippen molar-refractivity contribution in [3.63, 3.8) is 0 Å². The molecule has 0 radical (unpaired) electrons. The van der Waals surface area contributed by atoms with E-state index in [1.54, 1.807) is 24.3 Å². The molecule has 1 aliphatic carbocycles. The summed E-state index contributed by atoms with van der Waals surface area (Å²) in [4.78, 5) is 26.7. The van der Waals surface area contributed by atoms with Crippen LogP contribution in [-0.4, -0.2) is 24.7 Å². The van der Waals surface area contributed by atoms with Gasteiger partial charge >= 0.3 is 0 Å². The highest BCUT2D eigenvalue weighted by atomic mass is 16.1. The summed E-state index contributed by atoms with van der Waals surface area (Å²) in [7, 11) is 1.86. The SMILES string of the molecule is CN(c1ccccc1)C1CC(=O)c2ccccc2C1=O. The summed E-state index contributed by atoms with van der Waals surface area (Å²) >= 11 is 0. The fourth-order valence-electron chi connectivity index (χ4n) is 2.65. The van der Waals surface area contributed by atoms with E-state index in [1.807, 2.05) is 42.3 Å². The van der Waals surface area contributed by atoms with E-state index in [0.29, 0.717) is 11.1 Å². The molecule has 3 heteroatoms. The normalized spacial score (nSPS) is 17.8. The average Bonchev–Trinajstić information content (AvgIpc) is 2.51. The fourth-order valence-corrected chi connectivity index (χ4v) is 2.65. The van der Waals surface area contributed by atoms with Crippen molar-refractivity contribution in [3.8, 4) is 0 Å². The van der Waals surface area contributed by atoms with Gasteiger partial charge in [0.25, 0.3) is 0 Å². The zero-order chi connectivity index (χ0) is 14.1. The van der Waals surface area contributed by atoms with Crippen molar-refractivity contribution in [2.24, 2.45) is 0 Å². The molecule has 0 heterocycles. The monoisotopic (exact) mass is 265 g/mol. The third kappa shape index (κ3) is 2.01. The molecule has 1 aliphatic rings. The number of Topliss-reactive ketones (excluding diaryl/α,β-unsaturated/α-hetero) is 2. The van der Waals surface area contributed by atoms with Gasteiger partial charge < -0.3 is 4.90 Å². The Morgan fingerprint density at radius 3 is 2.20 bits per heavy atom. The van der Waals surface area contributed by atoms with E-state index in [0.717, 1.165) is 5.69 Å². The van der Waals surface area contributed by atoms with Gasteiger partial charge in [-0.2, -0.15) is 0 Å². The summed E-state index contributed by atoms with van der Waals surface area (Å²) in [6, 6.07) is 16.3. The van der Waals surface area contributed by atoms with Gasteiger partial charge in [-0.3, -0.25) is 9.59 Å². The number of nitrogens with zero attached hydrogens (tertiary/aromatic N) is 1. The molecule has 0 N–H and O–H groups in total. The minimum Gasteiger partial charge on any atom is -0.364 e. The van der Waals surface area contributed by atoms with Gasteiger partial charge in [0.05, 0.1) is 6.04 Å². The number of ketones is 2. The maximum absolute atomic E-state index is 12.6. The van der Waals surface area contributed by atoms with Gasteiger partial charge in [-0.05, 0) is 12.1 Å². The lowest BCUT2D eigenvalue weighted by atomic mass is 9.85. The highest BCUT2D eigenvalue weighted by Gasteiger charge is 2.34. The van der Waals surface area contributed by atoms with Gasteiger partial charge in [0.15, 0.2) is 11.6 Å². The standard InChI is InChI=1S/C17H15NO2/c1-18(12-7-3-2-4-8-12)15-11-16(19)13-9-5-6-10-14(13)17(15)20/h2-10,15H,11H2,1H3. The van der Waals surface area contributed by atoms with Crippen LogP contribution >= 0.6 is 0 Å². The molecule has 1 unspecified atom stereocenters. The Morgan fingerprint density at radius 1 is 0.900 bits per heavy atom. The van der Waals surface area contributed by atoms with Crippen LogP contribution in [-0.2, 0) is 0 Å². The molecule has 0 bridgehead atoms. The van der Waals surface area contributed by atoms with Gasteiger partial charge in [0.2, 0.25) is 0 Å². The molecule has 20 heavy (non-hydrogen) atoms. The molecule has 0 fully saturated rings. The number of rotatable bonds is 2. The minimum atomic E-state index is -0.417. The lowest BCUT2D eigenvalue weighted by Crippen LogP contribution is -2.43. The lowest BCUT2D eigenvalue weighted by molar-refractivity contribution is 0.0866. The predicted molar refractivity (Wildman–Crippen MR) is 78.4 cm³/mol. The molecule has 0 aromatic heterocycles. The first-order valence-corrected chi connectivity index (χ1v) is 6.63. The average molecular weight is 265 g/mol. The number of likely N-dealkylation sites (N-methyl/N-ethyl adjacent to an activating group) is 1. The summed E-state index contributed by atoms with van der Waals surface area (Å²) < 4.78 is 0. The molecular formula is C17H15NO2. The van der Waals surface area contributed by atoms with Crippen molar-refractivity contribution in [1.82, 2.24) is 0 Å². The second-order valence-corrected chi connectivity index (χ2v) is 5.00. The zero-order valence-corrected chi connectivity index (χ0v) is 11.2. The number of benzene rings is 2. The molecule has 2 aromatic carbocycles. The molecule has 100 valence electrons. The third-order valence-corrected chi connectivity index (χ3v) is 3.81. The second kappa shape index (κ2) is 4.93. The van der Waals surface area contributed by atoms with E-state index < -0.39 is 6.04 Å². The molecule has 3 rings (SSSR count). The number of fused-ring (bicyclic) bond motifs is 1. The first kappa shape index (κ1) is 12.6. The Morgan fingerprint density at radius 2 is 1.50 bits per heavy atom. The van der Waals surface area contributed by atoms with Crippen LogP contribution in [0.4, 0.5) is 5.69 Å². The molecular weight excluding hydrogens is 250 g/mol. The van der Waals surface area contributed by atoms with E-state index in [-0.39, 0.29) is 18.0 Å². The topological polar surface area (TPSA) is 37.4 Å². The first-order chi connectivity index (χ1) is 9.68. The molecule has 0 amide bonds. The molecule has 1 atom stereocenters. The fraction of sp³-hybridized carbons (Fsp3) is 0.176.